The monoisotopic (exact) mass is 520 g/mol. The zero-order valence-electron chi connectivity index (χ0n) is 21.4. The predicted molar refractivity (Wildman–Crippen MR) is 142 cm³/mol. The van der Waals surface area contributed by atoms with Crippen LogP contribution in [0.2, 0.25) is 0 Å². The summed E-state index contributed by atoms with van der Waals surface area (Å²) in [6.45, 7) is 2.77. The zero-order chi connectivity index (χ0) is 26.3. The molecule has 0 atom stereocenters. The maximum atomic E-state index is 4.31. The summed E-state index contributed by atoms with van der Waals surface area (Å²) in [6.07, 6.45) is 10.1. The topological polar surface area (TPSA) is 123 Å². The number of hydrogen-bond donors (Lipinski definition) is 0. The van der Waals surface area contributed by atoms with Gasteiger partial charge in [0, 0.05) is 63.1 Å². The Balaban J connectivity index is 0.944. The molecule has 0 saturated heterocycles. The van der Waals surface area contributed by atoms with Crippen LogP contribution in [0, 0.1) is 0 Å². The first-order chi connectivity index (χ1) is 19.3. The van der Waals surface area contributed by atoms with Gasteiger partial charge >= 0.3 is 0 Å². The molecule has 6 aromatic rings. The van der Waals surface area contributed by atoms with Crippen molar-refractivity contribution in [1.29, 1.82) is 0 Å². The van der Waals surface area contributed by atoms with Crippen molar-refractivity contribution in [3.8, 4) is 11.3 Å². The molecule has 4 heterocycles. The maximum absolute atomic E-state index is 4.31. The molecule has 12 heteroatoms. The summed E-state index contributed by atoms with van der Waals surface area (Å²) in [5, 5.41) is 34.1. The highest BCUT2D eigenvalue weighted by Gasteiger charge is 2.08. The minimum absolute atomic E-state index is 0.682. The lowest BCUT2D eigenvalue weighted by Gasteiger charge is -1.99. The van der Waals surface area contributed by atoms with E-state index in [1.54, 1.807) is 0 Å². The van der Waals surface area contributed by atoms with Gasteiger partial charge in [-0.1, -0.05) is 81.5 Å². The van der Waals surface area contributed by atoms with Crippen LogP contribution < -0.4 is 0 Å². The third-order valence-electron chi connectivity index (χ3n) is 6.35. The Labute approximate surface area is 224 Å². The average Bonchev–Trinajstić information content (AvgIpc) is 3.79. The van der Waals surface area contributed by atoms with Gasteiger partial charge in [0.25, 0.3) is 0 Å². The molecule has 0 spiro atoms. The van der Waals surface area contributed by atoms with Crippen LogP contribution in [0.4, 0.5) is 0 Å². The van der Waals surface area contributed by atoms with Crippen LogP contribution in [-0.2, 0) is 45.4 Å². The lowest BCUT2D eigenvalue weighted by Crippen LogP contribution is -2.03. The molecule has 0 N–H and O–H groups in total. The largest absolute Gasteiger partial charge is 0.252 e. The van der Waals surface area contributed by atoms with Gasteiger partial charge in [0.15, 0.2) is 0 Å². The van der Waals surface area contributed by atoms with E-state index < -0.39 is 0 Å². The third kappa shape index (κ3) is 6.47. The molecule has 0 bridgehead atoms. The van der Waals surface area contributed by atoms with Gasteiger partial charge in [-0.3, -0.25) is 14.0 Å². The molecule has 6 rings (SSSR count). The van der Waals surface area contributed by atoms with E-state index in [2.05, 4.69) is 53.4 Å². The van der Waals surface area contributed by atoms with Crippen LogP contribution in [0.25, 0.3) is 11.3 Å². The number of aryl methyl sites for hydroxylation is 6. The van der Waals surface area contributed by atoms with E-state index in [0.717, 1.165) is 47.6 Å². The Morgan fingerprint density at radius 3 is 1.51 bits per heavy atom. The second-order valence-corrected chi connectivity index (χ2v) is 9.32. The van der Waals surface area contributed by atoms with Gasteiger partial charge in [-0.05, 0) is 5.56 Å². The van der Waals surface area contributed by atoms with Gasteiger partial charge < -0.3 is 0 Å². The highest BCUT2D eigenvalue weighted by atomic mass is 15.4. The summed E-state index contributed by atoms with van der Waals surface area (Å²) in [7, 11) is 0. The van der Waals surface area contributed by atoms with E-state index in [1.807, 2.05) is 92.0 Å². The minimum Gasteiger partial charge on any atom is -0.252 e. The van der Waals surface area contributed by atoms with E-state index in [4.69, 9.17) is 0 Å². The quantitative estimate of drug-likeness (QED) is 0.241. The number of benzene rings is 2. The van der Waals surface area contributed by atoms with Gasteiger partial charge in [0.05, 0.1) is 29.8 Å². The van der Waals surface area contributed by atoms with Crippen molar-refractivity contribution in [3.63, 3.8) is 0 Å². The van der Waals surface area contributed by atoms with Crippen molar-refractivity contribution >= 4 is 0 Å². The average molecular weight is 521 g/mol. The molecular formula is C27H28N12. The van der Waals surface area contributed by atoms with Crippen molar-refractivity contribution in [3.05, 3.63) is 108 Å². The zero-order valence-corrected chi connectivity index (χ0v) is 21.4. The lowest BCUT2D eigenvalue weighted by atomic mass is 10.2. The highest BCUT2D eigenvalue weighted by molar-refractivity contribution is 5.57. The van der Waals surface area contributed by atoms with Gasteiger partial charge in [-0.2, -0.15) is 0 Å². The highest BCUT2D eigenvalue weighted by Crippen LogP contribution is 2.15. The summed E-state index contributed by atoms with van der Waals surface area (Å²) >= 11 is 0. The van der Waals surface area contributed by atoms with Gasteiger partial charge in [-0.25, -0.2) is 4.68 Å². The molecular weight excluding hydrogens is 492 g/mol. The Hall–Kier alpha value is -5.00. The Bertz CT molecular complexity index is 1600. The van der Waals surface area contributed by atoms with E-state index in [1.165, 1.54) is 5.56 Å². The molecule has 0 aliphatic heterocycles. The van der Waals surface area contributed by atoms with Gasteiger partial charge in [0.2, 0.25) is 0 Å². The summed E-state index contributed by atoms with van der Waals surface area (Å²) in [5.74, 6) is 0. The predicted octanol–water partition coefficient (Wildman–Crippen LogP) is 2.50. The van der Waals surface area contributed by atoms with E-state index >= 15 is 0 Å². The molecule has 12 nitrogen and oxygen atoms in total. The van der Waals surface area contributed by atoms with Crippen molar-refractivity contribution in [2.75, 3.05) is 0 Å². The van der Waals surface area contributed by atoms with Gasteiger partial charge in [-0.15, -0.1) is 20.4 Å². The van der Waals surface area contributed by atoms with E-state index in [0.29, 0.717) is 26.2 Å². The van der Waals surface area contributed by atoms with Gasteiger partial charge in [0.1, 0.15) is 5.69 Å². The Morgan fingerprint density at radius 2 is 0.923 bits per heavy atom. The minimum atomic E-state index is 0.682. The van der Waals surface area contributed by atoms with Crippen LogP contribution in [0.15, 0.2) is 85.5 Å². The first-order valence-corrected chi connectivity index (χ1v) is 12.9. The normalized spacial score (nSPS) is 11.3. The van der Waals surface area contributed by atoms with Crippen molar-refractivity contribution in [1.82, 2.24) is 60.0 Å². The molecule has 4 aromatic heterocycles. The fraction of sp³-hybridized carbons (Fsp3) is 0.259. The number of hydrogen-bond acceptors (Lipinski definition) is 8. The number of aromatic nitrogens is 12. The van der Waals surface area contributed by atoms with Crippen molar-refractivity contribution in [2.24, 2.45) is 0 Å². The number of nitrogens with zero attached hydrogens (tertiary/aromatic N) is 12. The molecule has 0 aliphatic carbocycles. The smallest absolute Gasteiger partial charge is 0.113 e. The molecule has 196 valence electrons. The summed E-state index contributed by atoms with van der Waals surface area (Å²) < 4.78 is 7.39. The van der Waals surface area contributed by atoms with Crippen LogP contribution in [0.3, 0.4) is 0 Å². The molecule has 0 amide bonds. The molecule has 0 saturated carbocycles. The molecule has 0 aliphatic rings. The Morgan fingerprint density at radius 1 is 0.462 bits per heavy atom. The first kappa shape index (κ1) is 24.3. The SMILES string of the molecule is c1ccc(Cn2cc(CCn3cc(CCn4cc(CCn5cc(-c6ccccc6)nn5)nn4)nn3)nn2)cc1. The summed E-state index contributed by atoms with van der Waals surface area (Å²) in [5.41, 5.74) is 5.87. The van der Waals surface area contributed by atoms with Crippen molar-refractivity contribution < 1.29 is 0 Å². The fourth-order valence-corrected chi connectivity index (χ4v) is 4.26. The first-order valence-electron chi connectivity index (χ1n) is 12.9. The van der Waals surface area contributed by atoms with E-state index in [9.17, 15) is 0 Å². The molecule has 39 heavy (non-hydrogen) atoms. The van der Waals surface area contributed by atoms with Crippen LogP contribution in [0.1, 0.15) is 22.6 Å². The van der Waals surface area contributed by atoms with Crippen LogP contribution >= 0.6 is 0 Å². The summed E-state index contributed by atoms with van der Waals surface area (Å²) in [6, 6.07) is 20.3. The Kier molecular flexibility index (Phi) is 7.23. The maximum Gasteiger partial charge on any atom is 0.113 e. The third-order valence-corrected chi connectivity index (χ3v) is 6.35. The molecule has 0 radical (unpaired) electrons. The van der Waals surface area contributed by atoms with Crippen LogP contribution in [-0.4, -0.2) is 60.0 Å². The van der Waals surface area contributed by atoms with E-state index in [-0.39, 0.29) is 0 Å². The lowest BCUT2D eigenvalue weighted by molar-refractivity contribution is 0.578. The molecule has 0 unspecified atom stereocenters. The standard InChI is InChI=1S/C27H28N12/c1-3-7-22(8-4-1)17-39-20-26(30-34-39)12-15-37-18-24(28-32-37)11-14-36-19-25(29-33-36)13-16-38-21-27(31-35-38)23-9-5-2-6-10-23/h1-10,18-21H,11-17H2. The summed E-state index contributed by atoms with van der Waals surface area (Å²) in [4.78, 5) is 0. The fourth-order valence-electron chi connectivity index (χ4n) is 4.26. The second-order valence-electron chi connectivity index (χ2n) is 9.32. The second kappa shape index (κ2) is 11.6. The molecule has 0 fully saturated rings. The molecule has 2 aromatic carbocycles. The van der Waals surface area contributed by atoms with Crippen molar-refractivity contribution in [2.45, 2.75) is 45.4 Å². The number of rotatable bonds is 12. The van der Waals surface area contributed by atoms with Crippen LogP contribution in [0.5, 0.6) is 0 Å².